The lowest BCUT2D eigenvalue weighted by Crippen LogP contribution is -2.38. The van der Waals surface area contributed by atoms with Gasteiger partial charge >= 0.3 is 5.97 Å². The van der Waals surface area contributed by atoms with Crippen LogP contribution in [0.2, 0.25) is 0 Å². The van der Waals surface area contributed by atoms with Crippen LogP contribution in [0.1, 0.15) is 53.5 Å². The summed E-state index contributed by atoms with van der Waals surface area (Å²) in [7, 11) is 0. The molecule has 3 heterocycles. The summed E-state index contributed by atoms with van der Waals surface area (Å²) >= 11 is 0. The van der Waals surface area contributed by atoms with Crippen LogP contribution >= 0.6 is 0 Å². The van der Waals surface area contributed by atoms with Gasteiger partial charge in [-0.15, -0.1) is 10.2 Å². The van der Waals surface area contributed by atoms with Gasteiger partial charge in [0.2, 0.25) is 5.91 Å². The summed E-state index contributed by atoms with van der Waals surface area (Å²) in [6.45, 7) is 7.98. The lowest BCUT2D eigenvalue weighted by atomic mass is 10.0. The lowest BCUT2D eigenvalue weighted by molar-refractivity contribution is -0.130. The largest absolute Gasteiger partial charge is 0.478 e. The minimum absolute atomic E-state index is 0.0680. The van der Waals surface area contributed by atoms with E-state index in [1.165, 1.54) is 24.5 Å². The van der Waals surface area contributed by atoms with Crippen LogP contribution in [0.3, 0.4) is 0 Å². The number of carbonyl (C=O) groups is 3. The number of carboxylic acid groups (broad SMARTS) is 1. The van der Waals surface area contributed by atoms with Gasteiger partial charge in [-0.2, -0.15) is 0 Å². The van der Waals surface area contributed by atoms with Gasteiger partial charge in [-0.3, -0.25) is 9.59 Å². The maximum absolute atomic E-state index is 14.2. The average Bonchev–Trinajstić information content (AvgIpc) is 3.58. The number of benzene rings is 2. The Kier molecular flexibility index (Phi) is 9.37. The van der Waals surface area contributed by atoms with Crippen molar-refractivity contribution in [3.05, 3.63) is 82.4 Å². The fourth-order valence-corrected chi connectivity index (χ4v) is 5.77. The first-order valence-corrected chi connectivity index (χ1v) is 14.8. The third-order valence-corrected chi connectivity index (χ3v) is 7.96. The molecule has 236 valence electrons. The average molecular weight is 618 g/mol. The minimum atomic E-state index is -1.01. The molecule has 2 aliphatic rings. The third-order valence-electron chi connectivity index (χ3n) is 7.96. The van der Waals surface area contributed by atoms with Crippen LogP contribution in [0.15, 0.2) is 59.9 Å². The van der Waals surface area contributed by atoms with Gasteiger partial charge in [-0.25, -0.2) is 14.2 Å². The Morgan fingerprint density at radius 3 is 2.49 bits per heavy atom. The predicted octanol–water partition coefficient (Wildman–Crippen LogP) is 3.29. The van der Waals surface area contributed by atoms with Crippen molar-refractivity contribution in [2.45, 2.75) is 45.7 Å². The van der Waals surface area contributed by atoms with Gasteiger partial charge in [0.25, 0.3) is 11.8 Å². The monoisotopic (exact) mass is 617 g/mol. The van der Waals surface area contributed by atoms with Crippen LogP contribution in [0.5, 0.6) is 11.6 Å². The quantitative estimate of drug-likeness (QED) is 0.306. The van der Waals surface area contributed by atoms with Gasteiger partial charge in [0, 0.05) is 51.2 Å². The standard InChI is InChI=1S/C32H36FN7O5/c1-4-40(19(2)3)31(42)26-12-24(33)8-9-27(26)45-30-29(35-18-36-37-30)39-16-22-14-38(15-23(22)17-39)28(41)13-25(34)11-20-6-5-7-21(10-20)32(43)44/h5-10,12,18-19,25H,4,11,13-17,34H2,1-3H3,(H,43,44)/t25-/m1/s1. The normalized spacial score (nSPS) is 15.0. The van der Waals surface area contributed by atoms with Crippen molar-refractivity contribution in [3.8, 4) is 11.6 Å². The molecule has 2 aromatic carbocycles. The number of rotatable bonds is 11. The zero-order valence-electron chi connectivity index (χ0n) is 25.4. The Morgan fingerprint density at radius 1 is 1.09 bits per heavy atom. The smallest absolute Gasteiger partial charge is 0.335 e. The van der Waals surface area contributed by atoms with Crippen LogP contribution in [-0.4, -0.2) is 92.7 Å². The van der Waals surface area contributed by atoms with Crippen molar-refractivity contribution in [1.29, 1.82) is 0 Å². The number of amides is 2. The molecule has 0 spiro atoms. The van der Waals surface area contributed by atoms with E-state index in [1.54, 1.807) is 28.0 Å². The Labute approximate surface area is 260 Å². The van der Waals surface area contributed by atoms with Gasteiger partial charge in [-0.1, -0.05) is 12.1 Å². The van der Waals surface area contributed by atoms with E-state index < -0.39 is 17.8 Å². The zero-order chi connectivity index (χ0) is 32.2. The van der Waals surface area contributed by atoms with Crippen molar-refractivity contribution >= 4 is 23.6 Å². The third kappa shape index (κ3) is 7.09. The van der Waals surface area contributed by atoms with Crippen LogP contribution in [0, 0.1) is 5.82 Å². The molecule has 0 saturated carbocycles. The number of nitrogens with two attached hydrogens (primary N) is 1. The van der Waals surface area contributed by atoms with Crippen molar-refractivity contribution < 1.29 is 28.6 Å². The van der Waals surface area contributed by atoms with Gasteiger partial charge in [0.1, 0.15) is 17.9 Å². The molecule has 0 fully saturated rings. The Balaban J connectivity index is 1.22. The molecule has 0 radical (unpaired) electrons. The number of carbonyl (C=O) groups excluding carboxylic acids is 2. The molecule has 0 unspecified atom stereocenters. The van der Waals surface area contributed by atoms with Gasteiger partial charge in [0.15, 0.2) is 5.82 Å². The van der Waals surface area contributed by atoms with Gasteiger partial charge < -0.3 is 30.3 Å². The number of aromatic nitrogens is 3. The molecule has 5 rings (SSSR count). The molecule has 1 atom stereocenters. The number of hydrogen-bond acceptors (Lipinski definition) is 9. The number of hydrogen-bond donors (Lipinski definition) is 2. The van der Waals surface area contributed by atoms with Crippen LogP contribution in [-0.2, 0) is 11.2 Å². The van der Waals surface area contributed by atoms with E-state index in [-0.39, 0.29) is 47.0 Å². The lowest BCUT2D eigenvalue weighted by Gasteiger charge is -2.26. The van der Waals surface area contributed by atoms with E-state index >= 15 is 0 Å². The fourth-order valence-electron chi connectivity index (χ4n) is 5.77. The summed E-state index contributed by atoms with van der Waals surface area (Å²) in [5.41, 5.74) is 9.48. The van der Waals surface area contributed by atoms with Crippen LogP contribution in [0.4, 0.5) is 10.2 Å². The maximum Gasteiger partial charge on any atom is 0.335 e. The molecule has 12 nitrogen and oxygen atoms in total. The number of nitrogens with zero attached hydrogens (tertiary/aromatic N) is 6. The topological polar surface area (TPSA) is 155 Å². The highest BCUT2D eigenvalue weighted by Crippen LogP contribution is 2.35. The van der Waals surface area contributed by atoms with Crippen molar-refractivity contribution in [2.75, 3.05) is 37.6 Å². The molecule has 0 bridgehead atoms. The Bertz CT molecular complexity index is 1630. The molecule has 3 aromatic rings. The second-order valence-corrected chi connectivity index (χ2v) is 11.5. The summed E-state index contributed by atoms with van der Waals surface area (Å²) in [5, 5.41) is 17.2. The molecule has 2 amide bonds. The highest BCUT2D eigenvalue weighted by atomic mass is 19.1. The molecule has 1 aromatic heterocycles. The second kappa shape index (κ2) is 13.4. The molecule has 3 N–H and O–H groups in total. The molecule has 45 heavy (non-hydrogen) atoms. The van der Waals surface area contributed by atoms with E-state index in [2.05, 4.69) is 15.2 Å². The summed E-state index contributed by atoms with van der Waals surface area (Å²) in [4.78, 5) is 47.4. The highest BCUT2D eigenvalue weighted by molar-refractivity contribution is 5.97. The van der Waals surface area contributed by atoms with E-state index in [4.69, 9.17) is 10.5 Å². The predicted molar refractivity (Wildman–Crippen MR) is 164 cm³/mol. The summed E-state index contributed by atoms with van der Waals surface area (Å²) in [6.07, 6.45) is 1.84. The fraction of sp³-hybridized carbons (Fsp3) is 0.375. The Morgan fingerprint density at radius 2 is 1.82 bits per heavy atom. The molecule has 0 saturated heterocycles. The van der Waals surface area contributed by atoms with E-state index in [0.29, 0.717) is 45.0 Å². The Hall–Kier alpha value is -4.91. The summed E-state index contributed by atoms with van der Waals surface area (Å²) in [6, 6.07) is 9.80. The van der Waals surface area contributed by atoms with E-state index in [9.17, 15) is 23.9 Å². The first-order chi connectivity index (χ1) is 21.5. The minimum Gasteiger partial charge on any atom is -0.478 e. The van der Waals surface area contributed by atoms with Crippen molar-refractivity contribution in [2.24, 2.45) is 5.73 Å². The number of aromatic carboxylic acids is 1. The van der Waals surface area contributed by atoms with Gasteiger partial charge in [0.05, 0.1) is 11.1 Å². The van der Waals surface area contributed by atoms with E-state index in [0.717, 1.165) is 22.8 Å². The summed E-state index contributed by atoms with van der Waals surface area (Å²) in [5.74, 6) is -1.35. The first-order valence-electron chi connectivity index (χ1n) is 14.8. The molecule has 13 heteroatoms. The van der Waals surface area contributed by atoms with Crippen molar-refractivity contribution in [3.63, 3.8) is 0 Å². The number of carboxylic acids is 1. The molecule has 0 aliphatic carbocycles. The number of halogens is 1. The summed E-state index contributed by atoms with van der Waals surface area (Å²) < 4.78 is 20.3. The molecular weight excluding hydrogens is 581 g/mol. The van der Waals surface area contributed by atoms with Crippen LogP contribution < -0.4 is 15.4 Å². The second-order valence-electron chi connectivity index (χ2n) is 11.5. The van der Waals surface area contributed by atoms with E-state index in [1.807, 2.05) is 25.7 Å². The maximum atomic E-state index is 14.2. The molecular formula is C32H36FN7O5. The zero-order valence-corrected chi connectivity index (χ0v) is 25.4. The van der Waals surface area contributed by atoms with Crippen LogP contribution in [0.25, 0.3) is 0 Å². The first kappa shape index (κ1) is 31.5. The molecule has 2 aliphatic heterocycles. The number of ether oxygens (including phenoxy) is 1. The highest BCUT2D eigenvalue weighted by Gasteiger charge is 2.34. The van der Waals surface area contributed by atoms with Gasteiger partial charge in [-0.05, 0) is 74.2 Å². The van der Waals surface area contributed by atoms with Crippen molar-refractivity contribution in [1.82, 2.24) is 25.0 Å². The SMILES string of the molecule is CCN(C(=O)c1cc(F)ccc1Oc1nncnc1N1CC2=C(CN(C(=O)C[C@H](N)Cc3cccc(C(=O)O)c3)C2)C1)C(C)C. The number of anilines is 1.